The lowest BCUT2D eigenvalue weighted by molar-refractivity contribution is 0.0292. The Balaban J connectivity index is 1.70. The van der Waals surface area contributed by atoms with Crippen molar-refractivity contribution in [1.82, 2.24) is 10.2 Å². The molecule has 0 aromatic carbocycles. The Morgan fingerprint density at radius 1 is 1.22 bits per heavy atom. The number of nitrogens with zero attached hydrogens (tertiary/aromatic N) is 1. The molecule has 0 amide bonds. The van der Waals surface area contributed by atoms with Crippen LogP contribution < -0.4 is 5.32 Å². The number of nitrogens with one attached hydrogen (secondary N) is 1. The van der Waals surface area contributed by atoms with E-state index in [4.69, 9.17) is 4.74 Å². The zero-order chi connectivity index (χ0) is 12.8. The minimum Gasteiger partial charge on any atom is -0.380 e. The Morgan fingerprint density at radius 2 is 2.11 bits per heavy atom. The van der Waals surface area contributed by atoms with Crippen molar-refractivity contribution in [3.8, 4) is 0 Å². The van der Waals surface area contributed by atoms with Gasteiger partial charge >= 0.3 is 0 Å². The fourth-order valence-corrected chi connectivity index (χ4v) is 3.67. The summed E-state index contributed by atoms with van der Waals surface area (Å²) >= 11 is 0. The molecule has 2 rings (SSSR count). The van der Waals surface area contributed by atoms with Gasteiger partial charge in [0.1, 0.15) is 0 Å². The zero-order valence-electron chi connectivity index (χ0n) is 12.2. The summed E-state index contributed by atoms with van der Waals surface area (Å²) in [6.45, 7) is 7.04. The summed E-state index contributed by atoms with van der Waals surface area (Å²) in [6.07, 6.45) is 8.64. The highest BCUT2D eigenvalue weighted by Gasteiger charge is 2.27. The molecule has 2 aliphatic rings. The number of hydrogen-bond donors (Lipinski definition) is 1. The second-order valence-electron chi connectivity index (χ2n) is 5.94. The molecule has 0 aromatic rings. The van der Waals surface area contributed by atoms with Crippen molar-refractivity contribution in [2.75, 3.05) is 33.3 Å². The summed E-state index contributed by atoms with van der Waals surface area (Å²) in [6, 6.07) is 0.790. The molecule has 0 bridgehead atoms. The van der Waals surface area contributed by atoms with Crippen LogP contribution in [-0.2, 0) is 4.74 Å². The van der Waals surface area contributed by atoms with E-state index >= 15 is 0 Å². The molecule has 106 valence electrons. The summed E-state index contributed by atoms with van der Waals surface area (Å²) in [5.41, 5.74) is 0. The van der Waals surface area contributed by atoms with Gasteiger partial charge in [-0.25, -0.2) is 0 Å². The molecule has 0 aromatic heterocycles. The Kier molecular flexibility index (Phi) is 5.93. The molecule has 18 heavy (non-hydrogen) atoms. The quantitative estimate of drug-likeness (QED) is 0.787. The van der Waals surface area contributed by atoms with Gasteiger partial charge in [0.15, 0.2) is 0 Å². The van der Waals surface area contributed by atoms with Crippen LogP contribution in [-0.4, -0.2) is 50.3 Å². The van der Waals surface area contributed by atoms with Crippen LogP contribution in [0.25, 0.3) is 0 Å². The van der Waals surface area contributed by atoms with E-state index in [1.54, 1.807) is 0 Å². The molecule has 1 aliphatic carbocycles. The van der Waals surface area contributed by atoms with E-state index in [2.05, 4.69) is 17.1 Å². The van der Waals surface area contributed by atoms with Crippen LogP contribution >= 0.6 is 0 Å². The summed E-state index contributed by atoms with van der Waals surface area (Å²) in [4.78, 5) is 2.61. The second kappa shape index (κ2) is 7.46. The predicted octanol–water partition coefficient (Wildman–Crippen LogP) is 2.27. The van der Waals surface area contributed by atoms with Gasteiger partial charge in [-0.05, 0) is 57.7 Å². The maximum atomic E-state index is 5.50. The summed E-state index contributed by atoms with van der Waals surface area (Å²) in [7, 11) is 1.85. The first-order chi connectivity index (χ1) is 8.83. The SMILES string of the molecule is CCNC1CCCC1CCN1CCCC(OC)C1. The Bertz CT molecular complexity index is 235. The number of hydrogen-bond acceptors (Lipinski definition) is 3. The first-order valence-corrected chi connectivity index (χ1v) is 7.82. The molecular formula is C15H30N2O. The van der Waals surface area contributed by atoms with Crippen molar-refractivity contribution >= 4 is 0 Å². The molecule has 3 nitrogen and oxygen atoms in total. The van der Waals surface area contributed by atoms with Crippen LogP contribution in [0.3, 0.4) is 0 Å². The lowest BCUT2D eigenvalue weighted by Gasteiger charge is -2.33. The van der Waals surface area contributed by atoms with E-state index in [-0.39, 0.29) is 0 Å². The van der Waals surface area contributed by atoms with Crippen LogP contribution in [0.15, 0.2) is 0 Å². The fourth-order valence-electron chi connectivity index (χ4n) is 3.67. The molecule has 2 fully saturated rings. The van der Waals surface area contributed by atoms with Crippen molar-refractivity contribution in [1.29, 1.82) is 0 Å². The fraction of sp³-hybridized carbons (Fsp3) is 1.00. The van der Waals surface area contributed by atoms with Crippen LogP contribution in [0.5, 0.6) is 0 Å². The average Bonchev–Trinajstić information content (AvgIpc) is 2.85. The summed E-state index contributed by atoms with van der Waals surface area (Å²) < 4.78 is 5.50. The Morgan fingerprint density at radius 3 is 2.89 bits per heavy atom. The molecule has 1 aliphatic heterocycles. The number of piperidine rings is 1. The second-order valence-corrected chi connectivity index (χ2v) is 5.94. The Hall–Kier alpha value is -0.120. The molecule has 0 radical (unpaired) electrons. The van der Waals surface area contributed by atoms with Crippen LogP contribution in [0.4, 0.5) is 0 Å². The number of rotatable bonds is 6. The van der Waals surface area contributed by atoms with Crippen molar-refractivity contribution < 1.29 is 4.74 Å². The largest absolute Gasteiger partial charge is 0.380 e. The monoisotopic (exact) mass is 254 g/mol. The van der Waals surface area contributed by atoms with Crippen LogP contribution in [0, 0.1) is 5.92 Å². The van der Waals surface area contributed by atoms with Gasteiger partial charge in [0.05, 0.1) is 6.10 Å². The predicted molar refractivity (Wildman–Crippen MR) is 75.9 cm³/mol. The number of methoxy groups -OCH3 is 1. The van der Waals surface area contributed by atoms with Gasteiger partial charge in [-0.2, -0.15) is 0 Å². The average molecular weight is 254 g/mol. The van der Waals surface area contributed by atoms with Gasteiger partial charge < -0.3 is 15.0 Å². The lowest BCUT2D eigenvalue weighted by atomic mass is 9.98. The molecule has 1 heterocycles. The third kappa shape index (κ3) is 3.94. The van der Waals surface area contributed by atoms with E-state index in [9.17, 15) is 0 Å². The highest BCUT2D eigenvalue weighted by Crippen LogP contribution is 2.29. The van der Waals surface area contributed by atoms with Crippen molar-refractivity contribution in [3.63, 3.8) is 0 Å². The highest BCUT2D eigenvalue weighted by molar-refractivity contribution is 4.84. The Labute approximate surface area is 112 Å². The van der Waals surface area contributed by atoms with E-state index in [1.807, 2.05) is 7.11 Å². The minimum absolute atomic E-state index is 0.479. The zero-order valence-corrected chi connectivity index (χ0v) is 12.2. The summed E-state index contributed by atoms with van der Waals surface area (Å²) in [5.74, 6) is 0.910. The van der Waals surface area contributed by atoms with Gasteiger partial charge in [0, 0.05) is 19.7 Å². The van der Waals surface area contributed by atoms with Gasteiger partial charge in [-0.15, -0.1) is 0 Å². The number of ether oxygens (including phenoxy) is 1. The van der Waals surface area contributed by atoms with Gasteiger partial charge in [0.25, 0.3) is 0 Å². The molecule has 1 saturated carbocycles. The van der Waals surface area contributed by atoms with Gasteiger partial charge in [-0.1, -0.05) is 13.3 Å². The normalized spacial score (nSPS) is 34.0. The summed E-state index contributed by atoms with van der Waals surface area (Å²) in [5, 5.41) is 3.66. The van der Waals surface area contributed by atoms with Crippen LogP contribution in [0.2, 0.25) is 0 Å². The van der Waals surface area contributed by atoms with Gasteiger partial charge in [-0.3, -0.25) is 0 Å². The van der Waals surface area contributed by atoms with Crippen molar-refractivity contribution in [2.45, 2.75) is 57.6 Å². The standard InChI is InChI=1S/C15H30N2O/c1-3-16-15-8-4-6-13(15)9-11-17-10-5-7-14(12-17)18-2/h13-16H,3-12H2,1-2H3. The maximum absolute atomic E-state index is 5.50. The third-order valence-corrected chi connectivity index (χ3v) is 4.74. The maximum Gasteiger partial charge on any atom is 0.0698 e. The van der Waals surface area contributed by atoms with E-state index in [1.165, 1.54) is 51.6 Å². The van der Waals surface area contributed by atoms with Crippen LogP contribution in [0.1, 0.15) is 45.4 Å². The van der Waals surface area contributed by atoms with E-state index in [0.717, 1.165) is 25.0 Å². The first-order valence-electron chi connectivity index (χ1n) is 7.82. The molecular weight excluding hydrogens is 224 g/mol. The minimum atomic E-state index is 0.479. The van der Waals surface area contributed by atoms with Crippen molar-refractivity contribution in [2.24, 2.45) is 5.92 Å². The third-order valence-electron chi connectivity index (χ3n) is 4.74. The highest BCUT2D eigenvalue weighted by atomic mass is 16.5. The molecule has 0 spiro atoms. The van der Waals surface area contributed by atoms with E-state index < -0.39 is 0 Å². The molecule has 3 unspecified atom stereocenters. The van der Waals surface area contributed by atoms with Crippen molar-refractivity contribution in [3.05, 3.63) is 0 Å². The lowest BCUT2D eigenvalue weighted by Crippen LogP contribution is -2.41. The molecule has 1 saturated heterocycles. The topological polar surface area (TPSA) is 24.5 Å². The molecule has 3 atom stereocenters. The smallest absolute Gasteiger partial charge is 0.0698 e. The first kappa shape index (κ1) is 14.3. The number of likely N-dealkylation sites (tertiary alicyclic amines) is 1. The molecule has 3 heteroatoms. The van der Waals surface area contributed by atoms with E-state index in [0.29, 0.717) is 6.10 Å². The van der Waals surface area contributed by atoms with Gasteiger partial charge in [0.2, 0.25) is 0 Å². The molecule has 1 N–H and O–H groups in total.